The molecule has 1 heterocycles. The molecular weight excluding hydrogens is 389 g/mol. The van der Waals surface area contributed by atoms with E-state index in [4.69, 9.17) is 4.74 Å². The summed E-state index contributed by atoms with van der Waals surface area (Å²) in [6.45, 7) is 1.65. The number of nitrogens with one attached hydrogen (secondary N) is 2. The number of alkyl halides is 3. The number of aromatic nitrogens is 4. The van der Waals surface area contributed by atoms with Gasteiger partial charge in [-0.2, -0.15) is 17.9 Å². The van der Waals surface area contributed by atoms with Crippen LogP contribution in [0.5, 0.6) is 5.75 Å². The van der Waals surface area contributed by atoms with E-state index >= 15 is 0 Å². The predicted molar refractivity (Wildman–Crippen MR) is 97.7 cm³/mol. The molecule has 0 aliphatic heterocycles. The van der Waals surface area contributed by atoms with Gasteiger partial charge in [0.1, 0.15) is 11.4 Å². The zero-order chi connectivity index (χ0) is 21.0. The van der Waals surface area contributed by atoms with Crippen molar-refractivity contribution in [3.05, 3.63) is 59.4 Å². The Balaban J connectivity index is 1.69. The van der Waals surface area contributed by atoms with Crippen LogP contribution in [-0.2, 0) is 12.7 Å². The Labute approximate surface area is 163 Å². The second kappa shape index (κ2) is 8.17. The molecule has 2 amide bonds. The molecule has 1 aromatic heterocycles. The fourth-order valence-electron chi connectivity index (χ4n) is 2.60. The molecule has 29 heavy (non-hydrogen) atoms. The van der Waals surface area contributed by atoms with Gasteiger partial charge in [0.2, 0.25) is 0 Å². The second-order valence-corrected chi connectivity index (χ2v) is 6.03. The smallest absolute Gasteiger partial charge is 0.416 e. The van der Waals surface area contributed by atoms with Crippen LogP contribution < -0.4 is 15.4 Å². The Morgan fingerprint density at radius 3 is 2.66 bits per heavy atom. The summed E-state index contributed by atoms with van der Waals surface area (Å²) >= 11 is 0. The third kappa shape index (κ3) is 4.81. The summed E-state index contributed by atoms with van der Waals surface area (Å²) in [5.74, 6) is 1.02. The fourth-order valence-corrected chi connectivity index (χ4v) is 2.60. The van der Waals surface area contributed by atoms with Gasteiger partial charge in [0, 0.05) is 12.2 Å². The highest BCUT2D eigenvalue weighted by Crippen LogP contribution is 2.29. The van der Waals surface area contributed by atoms with E-state index in [1.165, 1.54) is 23.9 Å². The number of benzene rings is 2. The molecule has 0 atom stereocenters. The standard InChI is InChI=1S/C18H17F3N6O2/c1-11-24-25-26-27(11)15-9-14(6-7-16(15)29-2)23-17(28)22-10-12-4-3-5-13(8-12)18(19,20)21/h3-9H,10H2,1-2H3,(H2,22,23,28). The van der Waals surface area contributed by atoms with E-state index in [-0.39, 0.29) is 6.54 Å². The second-order valence-electron chi connectivity index (χ2n) is 6.03. The molecule has 2 aromatic carbocycles. The molecule has 0 bridgehead atoms. The number of hydrogen-bond acceptors (Lipinski definition) is 5. The molecule has 11 heteroatoms. The summed E-state index contributed by atoms with van der Waals surface area (Å²) in [6.07, 6.45) is -4.44. The van der Waals surface area contributed by atoms with Crippen LogP contribution in [0.15, 0.2) is 42.5 Å². The highest BCUT2D eigenvalue weighted by molar-refractivity contribution is 5.89. The van der Waals surface area contributed by atoms with Gasteiger partial charge in [-0.15, -0.1) is 5.10 Å². The maximum absolute atomic E-state index is 12.8. The Morgan fingerprint density at radius 2 is 2.00 bits per heavy atom. The van der Waals surface area contributed by atoms with Gasteiger partial charge in [-0.25, -0.2) is 4.79 Å². The predicted octanol–water partition coefficient (Wildman–Crippen LogP) is 3.32. The summed E-state index contributed by atoms with van der Waals surface area (Å²) in [7, 11) is 1.49. The Hall–Kier alpha value is -3.63. The highest BCUT2D eigenvalue weighted by atomic mass is 19.4. The van der Waals surface area contributed by atoms with E-state index in [0.29, 0.717) is 28.5 Å². The molecular formula is C18H17F3N6O2. The van der Waals surface area contributed by atoms with Crippen LogP contribution in [0, 0.1) is 6.92 Å². The van der Waals surface area contributed by atoms with Crippen molar-refractivity contribution in [3.8, 4) is 11.4 Å². The summed E-state index contributed by atoms with van der Waals surface area (Å²) < 4.78 is 45.1. The van der Waals surface area contributed by atoms with Crippen LogP contribution in [0.4, 0.5) is 23.7 Å². The number of amides is 2. The third-order valence-electron chi connectivity index (χ3n) is 4.00. The summed E-state index contributed by atoms with van der Waals surface area (Å²) in [4.78, 5) is 12.2. The summed E-state index contributed by atoms with van der Waals surface area (Å²) in [5.41, 5.74) is 0.506. The number of urea groups is 1. The molecule has 0 saturated heterocycles. The molecule has 0 saturated carbocycles. The number of methoxy groups -OCH3 is 1. The van der Waals surface area contributed by atoms with E-state index in [9.17, 15) is 18.0 Å². The van der Waals surface area contributed by atoms with Gasteiger partial charge in [-0.3, -0.25) is 0 Å². The van der Waals surface area contributed by atoms with Gasteiger partial charge < -0.3 is 15.4 Å². The molecule has 0 radical (unpaired) electrons. The average molecular weight is 406 g/mol. The third-order valence-corrected chi connectivity index (χ3v) is 4.00. The number of nitrogens with zero attached hydrogens (tertiary/aromatic N) is 4. The number of anilines is 1. The maximum atomic E-state index is 12.8. The van der Waals surface area contributed by atoms with Crippen molar-refractivity contribution in [3.63, 3.8) is 0 Å². The molecule has 0 spiro atoms. The first kappa shape index (κ1) is 20.1. The lowest BCUT2D eigenvalue weighted by molar-refractivity contribution is -0.137. The molecule has 8 nitrogen and oxygen atoms in total. The quantitative estimate of drug-likeness (QED) is 0.678. The lowest BCUT2D eigenvalue weighted by Crippen LogP contribution is -2.28. The minimum Gasteiger partial charge on any atom is -0.494 e. The first-order valence-electron chi connectivity index (χ1n) is 8.42. The minimum absolute atomic E-state index is 0.0646. The van der Waals surface area contributed by atoms with Gasteiger partial charge >= 0.3 is 12.2 Å². The van der Waals surface area contributed by atoms with Crippen LogP contribution in [0.1, 0.15) is 17.0 Å². The number of carbonyl (C=O) groups is 1. The first-order valence-corrected chi connectivity index (χ1v) is 8.42. The van der Waals surface area contributed by atoms with E-state index < -0.39 is 17.8 Å². The molecule has 0 fully saturated rings. The highest BCUT2D eigenvalue weighted by Gasteiger charge is 2.30. The van der Waals surface area contributed by atoms with Crippen molar-refractivity contribution in [1.29, 1.82) is 0 Å². The lowest BCUT2D eigenvalue weighted by Gasteiger charge is -2.13. The van der Waals surface area contributed by atoms with Crippen LogP contribution >= 0.6 is 0 Å². The zero-order valence-electron chi connectivity index (χ0n) is 15.5. The van der Waals surface area contributed by atoms with Crippen molar-refractivity contribution >= 4 is 11.7 Å². The van der Waals surface area contributed by atoms with E-state index in [1.54, 1.807) is 25.1 Å². The van der Waals surface area contributed by atoms with Crippen LogP contribution in [0.3, 0.4) is 0 Å². The normalized spacial score (nSPS) is 11.2. The summed E-state index contributed by atoms with van der Waals surface area (Å²) in [5, 5.41) is 16.4. The van der Waals surface area contributed by atoms with Crippen LogP contribution in [-0.4, -0.2) is 33.3 Å². The number of halogens is 3. The van der Waals surface area contributed by atoms with Gasteiger partial charge in [0.25, 0.3) is 0 Å². The van der Waals surface area contributed by atoms with Crippen molar-refractivity contribution < 1.29 is 22.7 Å². The van der Waals surface area contributed by atoms with Gasteiger partial charge in [-0.1, -0.05) is 12.1 Å². The molecule has 0 aliphatic carbocycles. The Kier molecular flexibility index (Phi) is 5.66. The summed E-state index contributed by atoms with van der Waals surface area (Å²) in [6, 6.07) is 9.06. The minimum atomic E-state index is -4.44. The van der Waals surface area contributed by atoms with Crippen molar-refractivity contribution in [1.82, 2.24) is 25.5 Å². The van der Waals surface area contributed by atoms with Gasteiger partial charge in [0.15, 0.2) is 5.82 Å². The maximum Gasteiger partial charge on any atom is 0.416 e. The number of rotatable bonds is 5. The molecule has 0 aliphatic rings. The zero-order valence-corrected chi connectivity index (χ0v) is 15.5. The average Bonchev–Trinajstić information content (AvgIpc) is 3.11. The van der Waals surface area contributed by atoms with E-state index in [2.05, 4.69) is 26.2 Å². The molecule has 3 aromatic rings. The molecule has 0 unspecified atom stereocenters. The first-order chi connectivity index (χ1) is 13.8. The number of carbonyl (C=O) groups excluding carboxylic acids is 1. The van der Waals surface area contributed by atoms with Gasteiger partial charge in [0.05, 0.1) is 12.7 Å². The number of ether oxygens (including phenoxy) is 1. The molecule has 3 rings (SSSR count). The van der Waals surface area contributed by atoms with Crippen molar-refractivity contribution in [2.45, 2.75) is 19.6 Å². The number of tetrazole rings is 1. The van der Waals surface area contributed by atoms with E-state index in [0.717, 1.165) is 12.1 Å². The van der Waals surface area contributed by atoms with E-state index in [1.807, 2.05) is 0 Å². The number of hydrogen-bond donors (Lipinski definition) is 2. The largest absolute Gasteiger partial charge is 0.494 e. The van der Waals surface area contributed by atoms with Crippen LogP contribution in [0.25, 0.3) is 5.69 Å². The monoisotopic (exact) mass is 406 g/mol. The Bertz CT molecular complexity index is 1020. The lowest BCUT2D eigenvalue weighted by atomic mass is 10.1. The van der Waals surface area contributed by atoms with Gasteiger partial charge in [-0.05, 0) is 53.2 Å². The SMILES string of the molecule is COc1ccc(NC(=O)NCc2cccc(C(F)(F)F)c2)cc1-n1nnnc1C. The Morgan fingerprint density at radius 1 is 1.21 bits per heavy atom. The fraction of sp³-hybridized carbons (Fsp3) is 0.222. The van der Waals surface area contributed by atoms with Crippen molar-refractivity contribution in [2.24, 2.45) is 0 Å². The van der Waals surface area contributed by atoms with Crippen molar-refractivity contribution in [2.75, 3.05) is 12.4 Å². The topological polar surface area (TPSA) is 94.0 Å². The van der Waals surface area contributed by atoms with Crippen LogP contribution in [0.2, 0.25) is 0 Å². The number of aryl methyl sites for hydroxylation is 1. The molecule has 2 N–H and O–H groups in total. The molecule has 152 valence electrons.